The van der Waals surface area contributed by atoms with Crippen LogP contribution in [0.5, 0.6) is 0 Å². The van der Waals surface area contributed by atoms with Crippen molar-refractivity contribution in [2.75, 3.05) is 20.3 Å². The van der Waals surface area contributed by atoms with E-state index in [1.165, 1.54) is 6.20 Å². The highest BCUT2D eigenvalue weighted by Gasteiger charge is 2.07. The van der Waals surface area contributed by atoms with E-state index >= 15 is 0 Å². The molecule has 6 heteroatoms. The van der Waals surface area contributed by atoms with Crippen LogP contribution in [0.3, 0.4) is 0 Å². The van der Waals surface area contributed by atoms with Crippen LogP contribution in [0.15, 0.2) is 35.3 Å². The van der Waals surface area contributed by atoms with Crippen LogP contribution in [-0.4, -0.2) is 36.1 Å². The average Bonchev–Trinajstić information content (AvgIpc) is 2.51. The first-order valence-electron chi connectivity index (χ1n) is 6.82. The lowest BCUT2D eigenvalue weighted by atomic mass is 10.2. The van der Waals surface area contributed by atoms with Gasteiger partial charge >= 0.3 is 5.97 Å². The zero-order valence-electron chi connectivity index (χ0n) is 11.9. The first-order chi connectivity index (χ1) is 10.2. The van der Waals surface area contributed by atoms with E-state index in [-0.39, 0.29) is 17.8 Å². The third-order valence-corrected chi connectivity index (χ3v) is 3.05. The summed E-state index contributed by atoms with van der Waals surface area (Å²) in [6, 6.07) is 7.20. The smallest absolute Gasteiger partial charge is 0.307 e. The standard InChI is InChI=1S/C15H18N2O4/c1-20-9-4-10-21-15(19)7-8-17-13-6-3-2-5-12(13)14(18)11-16-17/h2-3,5-6,11H,4,7-10H2,1H3. The zero-order valence-corrected chi connectivity index (χ0v) is 11.9. The van der Waals surface area contributed by atoms with E-state index in [0.29, 0.717) is 31.6 Å². The van der Waals surface area contributed by atoms with Gasteiger partial charge in [0.1, 0.15) is 0 Å². The molecule has 0 amide bonds. The monoisotopic (exact) mass is 290 g/mol. The number of ether oxygens (including phenoxy) is 2. The lowest BCUT2D eigenvalue weighted by molar-refractivity contribution is -0.144. The Labute approximate surface area is 122 Å². The molecule has 0 N–H and O–H groups in total. The van der Waals surface area contributed by atoms with Crippen molar-refractivity contribution in [3.63, 3.8) is 0 Å². The second kappa shape index (κ2) is 7.54. The number of carbonyl (C=O) groups is 1. The lowest BCUT2D eigenvalue weighted by Crippen LogP contribution is -2.16. The molecule has 0 aliphatic rings. The van der Waals surface area contributed by atoms with E-state index in [0.717, 1.165) is 5.52 Å². The Morgan fingerprint density at radius 1 is 1.29 bits per heavy atom. The SMILES string of the molecule is COCCCOC(=O)CCn1ncc(=O)c2ccccc21. The van der Waals surface area contributed by atoms with Gasteiger partial charge in [0.05, 0.1) is 31.3 Å². The number of hydrogen-bond acceptors (Lipinski definition) is 5. The van der Waals surface area contributed by atoms with Crippen molar-refractivity contribution in [2.45, 2.75) is 19.4 Å². The number of para-hydroxylation sites is 1. The van der Waals surface area contributed by atoms with Crippen molar-refractivity contribution in [3.8, 4) is 0 Å². The molecule has 0 aliphatic heterocycles. The Bertz CT molecular complexity index is 666. The second-order valence-corrected chi connectivity index (χ2v) is 4.57. The average molecular weight is 290 g/mol. The third kappa shape index (κ3) is 4.13. The first kappa shape index (κ1) is 15.2. The number of nitrogens with zero attached hydrogens (tertiary/aromatic N) is 2. The van der Waals surface area contributed by atoms with Crippen LogP contribution in [0.25, 0.3) is 10.9 Å². The molecule has 1 aromatic carbocycles. The molecule has 2 aromatic rings. The number of esters is 1. The van der Waals surface area contributed by atoms with E-state index in [9.17, 15) is 9.59 Å². The Hall–Kier alpha value is -2.21. The Balaban J connectivity index is 1.96. The number of carbonyl (C=O) groups excluding carboxylic acids is 1. The van der Waals surface area contributed by atoms with Crippen LogP contribution >= 0.6 is 0 Å². The van der Waals surface area contributed by atoms with Gasteiger partial charge in [-0.15, -0.1) is 0 Å². The first-order valence-corrected chi connectivity index (χ1v) is 6.82. The van der Waals surface area contributed by atoms with E-state index in [4.69, 9.17) is 9.47 Å². The van der Waals surface area contributed by atoms with Gasteiger partial charge in [-0.25, -0.2) is 0 Å². The van der Waals surface area contributed by atoms with Gasteiger partial charge in [0, 0.05) is 25.5 Å². The van der Waals surface area contributed by atoms with E-state index < -0.39 is 0 Å². The van der Waals surface area contributed by atoms with Crippen LogP contribution in [0, 0.1) is 0 Å². The molecule has 0 atom stereocenters. The van der Waals surface area contributed by atoms with Crippen LogP contribution in [0.1, 0.15) is 12.8 Å². The van der Waals surface area contributed by atoms with Crippen LogP contribution in [-0.2, 0) is 20.8 Å². The molecule has 0 bridgehead atoms. The highest BCUT2D eigenvalue weighted by molar-refractivity contribution is 5.78. The molecule has 1 aromatic heterocycles. The van der Waals surface area contributed by atoms with Crippen molar-refractivity contribution in [2.24, 2.45) is 0 Å². The number of hydrogen-bond donors (Lipinski definition) is 0. The maximum atomic E-state index is 11.7. The zero-order chi connectivity index (χ0) is 15.1. The molecule has 0 fully saturated rings. The Morgan fingerprint density at radius 3 is 2.90 bits per heavy atom. The molecule has 1 heterocycles. The molecular weight excluding hydrogens is 272 g/mol. The van der Waals surface area contributed by atoms with E-state index in [1.54, 1.807) is 23.9 Å². The summed E-state index contributed by atoms with van der Waals surface area (Å²) in [5.74, 6) is -0.282. The minimum Gasteiger partial charge on any atom is -0.466 e. The van der Waals surface area contributed by atoms with Gasteiger partial charge in [-0.1, -0.05) is 12.1 Å². The maximum absolute atomic E-state index is 11.7. The highest BCUT2D eigenvalue weighted by Crippen LogP contribution is 2.08. The minimum absolute atomic E-state index is 0.121. The quantitative estimate of drug-likeness (QED) is 0.569. The summed E-state index contributed by atoms with van der Waals surface area (Å²) < 4.78 is 11.6. The summed E-state index contributed by atoms with van der Waals surface area (Å²) in [5.41, 5.74) is 0.598. The van der Waals surface area contributed by atoms with Crippen LogP contribution in [0.2, 0.25) is 0 Å². The van der Waals surface area contributed by atoms with Crippen molar-refractivity contribution < 1.29 is 14.3 Å². The lowest BCUT2D eigenvalue weighted by Gasteiger charge is -2.09. The molecule has 0 radical (unpaired) electrons. The Morgan fingerprint density at radius 2 is 2.10 bits per heavy atom. The summed E-state index contributed by atoms with van der Waals surface area (Å²) in [7, 11) is 1.61. The fourth-order valence-electron chi connectivity index (χ4n) is 2.00. The summed E-state index contributed by atoms with van der Waals surface area (Å²) in [6.07, 6.45) is 2.17. The van der Waals surface area contributed by atoms with Crippen LogP contribution < -0.4 is 5.43 Å². The van der Waals surface area contributed by atoms with Gasteiger partial charge in [0.15, 0.2) is 0 Å². The predicted molar refractivity (Wildman–Crippen MR) is 78.1 cm³/mol. The molecule has 0 saturated heterocycles. The summed E-state index contributed by atoms with van der Waals surface area (Å²) in [4.78, 5) is 23.3. The number of methoxy groups -OCH3 is 1. The fourth-order valence-corrected chi connectivity index (χ4v) is 2.00. The van der Waals surface area contributed by atoms with Gasteiger partial charge in [-0.2, -0.15) is 5.10 Å². The van der Waals surface area contributed by atoms with Crippen molar-refractivity contribution >= 4 is 16.9 Å². The molecule has 0 aliphatic carbocycles. The molecule has 21 heavy (non-hydrogen) atoms. The summed E-state index contributed by atoms with van der Waals surface area (Å²) >= 11 is 0. The maximum Gasteiger partial charge on any atom is 0.307 e. The fraction of sp³-hybridized carbons (Fsp3) is 0.400. The molecule has 112 valence electrons. The van der Waals surface area contributed by atoms with E-state index in [2.05, 4.69) is 5.10 Å². The minimum atomic E-state index is -0.282. The topological polar surface area (TPSA) is 70.4 Å². The second-order valence-electron chi connectivity index (χ2n) is 4.57. The molecule has 0 unspecified atom stereocenters. The highest BCUT2D eigenvalue weighted by atomic mass is 16.5. The Kier molecular flexibility index (Phi) is 5.45. The van der Waals surface area contributed by atoms with Gasteiger partial charge in [0.2, 0.25) is 5.43 Å². The molecule has 0 saturated carbocycles. The van der Waals surface area contributed by atoms with E-state index in [1.807, 2.05) is 12.1 Å². The van der Waals surface area contributed by atoms with Crippen molar-refractivity contribution in [1.29, 1.82) is 0 Å². The third-order valence-electron chi connectivity index (χ3n) is 3.05. The predicted octanol–water partition coefficient (Wildman–Crippen LogP) is 1.37. The van der Waals surface area contributed by atoms with Gasteiger partial charge < -0.3 is 9.47 Å². The number of aryl methyl sites for hydroxylation is 1. The molecular formula is C15H18N2O4. The normalized spacial score (nSPS) is 10.7. The summed E-state index contributed by atoms with van der Waals surface area (Å²) in [5, 5.41) is 4.66. The van der Waals surface area contributed by atoms with Crippen molar-refractivity contribution in [1.82, 2.24) is 9.78 Å². The number of rotatable bonds is 7. The molecule has 6 nitrogen and oxygen atoms in total. The van der Waals surface area contributed by atoms with Gasteiger partial charge in [-0.3, -0.25) is 14.3 Å². The molecule has 0 spiro atoms. The van der Waals surface area contributed by atoms with Gasteiger partial charge in [-0.05, 0) is 12.1 Å². The largest absolute Gasteiger partial charge is 0.466 e. The van der Waals surface area contributed by atoms with Crippen LogP contribution in [0.4, 0.5) is 0 Å². The van der Waals surface area contributed by atoms with Crippen molar-refractivity contribution in [3.05, 3.63) is 40.7 Å². The molecule has 2 rings (SSSR count). The number of benzene rings is 1. The summed E-state index contributed by atoms with van der Waals surface area (Å²) in [6.45, 7) is 1.30. The van der Waals surface area contributed by atoms with Gasteiger partial charge in [0.25, 0.3) is 0 Å². The number of fused-ring (bicyclic) bond motifs is 1. The number of aromatic nitrogens is 2.